The van der Waals surface area contributed by atoms with Crippen molar-refractivity contribution in [2.24, 2.45) is 0 Å². The fourth-order valence-electron chi connectivity index (χ4n) is 4.11. The maximum atomic E-state index is 11.1. The Morgan fingerprint density at radius 1 is 0.567 bits per heavy atom. The first-order chi connectivity index (χ1) is 14.3. The lowest BCUT2D eigenvalue weighted by molar-refractivity contribution is -0.370. The SMILES string of the molecule is C#CCOC1(CC#C)C(O)C(O)C(O)C(CC#C)(OCC#C)C1(CC#C)OCC#C. The first-order valence-electron chi connectivity index (χ1n) is 8.91. The van der Waals surface area contributed by atoms with E-state index < -0.39 is 35.1 Å². The minimum Gasteiger partial charge on any atom is -0.387 e. The summed E-state index contributed by atoms with van der Waals surface area (Å²) < 4.78 is 17.7. The zero-order valence-electron chi connectivity index (χ0n) is 16.5. The van der Waals surface area contributed by atoms with Crippen LogP contribution in [0.15, 0.2) is 0 Å². The predicted octanol–water partition coefficient (Wildman–Crippen LogP) is -0.682. The van der Waals surface area contributed by atoms with E-state index in [1.54, 1.807) is 0 Å². The molecular weight excluding hydrogens is 384 g/mol. The van der Waals surface area contributed by atoms with Crippen molar-refractivity contribution in [3.05, 3.63) is 0 Å². The highest BCUT2D eigenvalue weighted by Crippen LogP contribution is 2.55. The smallest absolute Gasteiger partial charge is 0.145 e. The molecule has 1 aliphatic rings. The van der Waals surface area contributed by atoms with E-state index in [9.17, 15) is 15.3 Å². The van der Waals surface area contributed by atoms with E-state index in [0.29, 0.717) is 0 Å². The van der Waals surface area contributed by atoms with Crippen molar-refractivity contribution in [2.75, 3.05) is 19.8 Å². The van der Waals surface area contributed by atoms with E-state index in [0.717, 1.165) is 0 Å². The van der Waals surface area contributed by atoms with Crippen molar-refractivity contribution in [2.45, 2.75) is 54.4 Å². The minimum absolute atomic E-state index is 0.325. The van der Waals surface area contributed by atoms with Crippen LogP contribution in [0.25, 0.3) is 0 Å². The van der Waals surface area contributed by atoms with Crippen LogP contribution in [0.1, 0.15) is 19.3 Å². The third kappa shape index (κ3) is 3.79. The monoisotopic (exact) mass is 408 g/mol. The summed E-state index contributed by atoms with van der Waals surface area (Å²) in [7, 11) is 0. The van der Waals surface area contributed by atoms with Gasteiger partial charge in [0.05, 0.1) is 0 Å². The second-order valence-electron chi connectivity index (χ2n) is 6.61. The second kappa shape index (κ2) is 10.8. The molecule has 0 saturated heterocycles. The summed E-state index contributed by atoms with van der Waals surface area (Å²) in [6.45, 7) is -1.02. The molecule has 30 heavy (non-hydrogen) atoms. The van der Waals surface area contributed by atoms with Gasteiger partial charge in [-0.15, -0.1) is 56.3 Å². The zero-order chi connectivity index (χ0) is 22.8. The molecule has 6 nitrogen and oxygen atoms in total. The van der Waals surface area contributed by atoms with Crippen LogP contribution in [-0.4, -0.2) is 70.3 Å². The van der Waals surface area contributed by atoms with Crippen LogP contribution in [0.5, 0.6) is 0 Å². The van der Waals surface area contributed by atoms with Crippen molar-refractivity contribution in [3.63, 3.8) is 0 Å². The number of ether oxygens (including phenoxy) is 3. The molecular formula is C24H24O6. The highest BCUT2D eigenvalue weighted by atomic mass is 16.6. The molecule has 1 aliphatic carbocycles. The average molecular weight is 408 g/mol. The van der Waals surface area contributed by atoms with E-state index >= 15 is 0 Å². The molecule has 0 amide bonds. The molecule has 4 atom stereocenters. The minimum atomic E-state index is -1.94. The maximum absolute atomic E-state index is 11.1. The predicted molar refractivity (Wildman–Crippen MR) is 111 cm³/mol. The van der Waals surface area contributed by atoms with Crippen molar-refractivity contribution in [3.8, 4) is 74.1 Å². The molecule has 1 saturated carbocycles. The van der Waals surface area contributed by atoms with Gasteiger partial charge in [0.15, 0.2) is 0 Å². The van der Waals surface area contributed by atoms with Crippen LogP contribution in [0.4, 0.5) is 0 Å². The molecule has 4 unspecified atom stereocenters. The lowest BCUT2D eigenvalue weighted by Crippen LogP contribution is -2.84. The molecule has 156 valence electrons. The average Bonchev–Trinajstić information content (AvgIpc) is 2.75. The number of aliphatic hydroxyl groups excluding tert-OH is 3. The standard InChI is InChI=1S/C24H24O6/c1-7-13-22(28-16-10-4)20(26)19(25)21(27)23(14-8-2,29-17-11-5)24(22,15-9-3)30-18-12-6/h1-6,19-21,25-27H,13-18H2. The molecule has 6 heteroatoms. The van der Waals surface area contributed by atoms with E-state index in [1.807, 2.05) is 0 Å². The number of terminal acetylenes is 6. The van der Waals surface area contributed by atoms with Crippen molar-refractivity contribution in [1.29, 1.82) is 0 Å². The van der Waals surface area contributed by atoms with Gasteiger partial charge in [0, 0.05) is 19.3 Å². The van der Waals surface area contributed by atoms with Gasteiger partial charge in [0.1, 0.15) is 54.9 Å². The molecule has 3 N–H and O–H groups in total. The fraction of sp³-hybridized carbons (Fsp3) is 0.500. The molecule has 0 aromatic rings. The summed E-state index contributed by atoms with van der Waals surface area (Å²) in [4.78, 5) is 0. The third-order valence-corrected chi connectivity index (χ3v) is 5.28. The lowest BCUT2D eigenvalue weighted by Gasteiger charge is -2.64. The molecule has 0 radical (unpaired) electrons. The summed E-state index contributed by atoms with van der Waals surface area (Å²) in [5.41, 5.74) is -5.81. The zero-order valence-corrected chi connectivity index (χ0v) is 16.5. The lowest BCUT2D eigenvalue weighted by atomic mass is 9.55. The Kier molecular flexibility index (Phi) is 9.03. The van der Waals surface area contributed by atoms with Gasteiger partial charge in [-0.2, -0.15) is 0 Å². The first kappa shape index (κ1) is 25.2. The largest absolute Gasteiger partial charge is 0.387 e. The molecule has 0 bridgehead atoms. The fourth-order valence-corrected chi connectivity index (χ4v) is 4.11. The summed E-state index contributed by atoms with van der Waals surface area (Å²) in [5, 5.41) is 32.9. The highest BCUT2D eigenvalue weighted by molar-refractivity contribution is 5.32. The normalized spacial score (nSPS) is 34.9. The maximum Gasteiger partial charge on any atom is 0.145 e. The Hall–Kier alpha value is -2.88. The number of aliphatic hydroxyl groups is 3. The Morgan fingerprint density at radius 2 is 0.933 bits per heavy atom. The van der Waals surface area contributed by atoms with E-state index in [1.165, 1.54) is 0 Å². The van der Waals surface area contributed by atoms with Gasteiger partial charge in [0.2, 0.25) is 0 Å². The van der Waals surface area contributed by atoms with Crippen LogP contribution in [-0.2, 0) is 14.2 Å². The van der Waals surface area contributed by atoms with Crippen LogP contribution in [0.3, 0.4) is 0 Å². The van der Waals surface area contributed by atoms with E-state index in [4.69, 9.17) is 52.8 Å². The third-order valence-electron chi connectivity index (χ3n) is 5.28. The Bertz CT molecular complexity index is 799. The molecule has 0 heterocycles. The second-order valence-corrected chi connectivity index (χ2v) is 6.61. The van der Waals surface area contributed by atoms with Gasteiger partial charge in [-0.3, -0.25) is 0 Å². The number of rotatable bonds is 9. The summed E-state index contributed by atoms with van der Waals surface area (Å²) in [5.74, 6) is 14.0. The van der Waals surface area contributed by atoms with Crippen molar-refractivity contribution < 1.29 is 29.5 Å². The molecule has 0 spiro atoms. The van der Waals surface area contributed by atoms with Gasteiger partial charge in [-0.05, 0) is 0 Å². The first-order valence-corrected chi connectivity index (χ1v) is 8.91. The van der Waals surface area contributed by atoms with Gasteiger partial charge < -0.3 is 29.5 Å². The van der Waals surface area contributed by atoms with E-state index in [2.05, 4.69) is 35.5 Å². The molecule has 0 aliphatic heterocycles. The van der Waals surface area contributed by atoms with Crippen LogP contribution < -0.4 is 0 Å². The Balaban J connectivity index is 4.08. The van der Waals surface area contributed by atoms with Crippen LogP contribution in [0.2, 0.25) is 0 Å². The molecule has 0 aromatic carbocycles. The number of hydrogen-bond donors (Lipinski definition) is 3. The highest BCUT2D eigenvalue weighted by Gasteiger charge is 2.76. The number of hydrogen-bond acceptors (Lipinski definition) is 6. The topological polar surface area (TPSA) is 88.4 Å². The van der Waals surface area contributed by atoms with Gasteiger partial charge in [-0.1, -0.05) is 17.8 Å². The van der Waals surface area contributed by atoms with Crippen LogP contribution >= 0.6 is 0 Å². The summed E-state index contributed by atoms with van der Waals surface area (Å²) >= 11 is 0. The molecule has 1 rings (SSSR count). The van der Waals surface area contributed by atoms with Crippen molar-refractivity contribution in [1.82, 2.24) is 0 Å². The Labute approximate surface area is 178 Å². The molecule has 1 fully saturated rings. The van der Waals surface area contributed by atoms with Crippen LogP contribution in [0, 0.1) is 74.1 Å². The van der Waals surface area contributed by atoms with Gasteiger partial charge in [-0.25, -0.2) is 0 Å². The summed E-state index contributed by atoms with van der Waals surface area (Å²) in [6.07, 6.45) is 26.5. The summed E-state index contributed by atoms with van der Waals surface area (Å²) in [6, 6.07) is 0. The van der Waals surface area contributed by atoms with Gasteiger partial charge in [0.25, 0.3) is 0 Å². The van der Waals surface area contributed by atoms with Gasteiger partial charge >= 0.3 is 0 Å². The quantitative estimate of drug-likeness (QED) is 0.438. The Morgan fingerprint density at radius 3 is 1.27 bits per heavy atom. The molecule has 0 aromatic heterocycles. The van der Waals surface area contributed by atoms with Crippen molar-refractivity contribution >= 4 is 0 Å². The van der Waals surface area contributed by atoms with E-state index in [-0.39, 0.29) is 39.1 Å².